The number of halogens is 3. The summed E-state index contributed by atoms with van der Waals surface area (Å²) in [5.74, 6) is -1.42. The molecule has 0 aliphatic heterocycles. The normalized spacial score (nSPS) is 12.6. The summed E-state index contributed by atoms with van der Waals surface area (Å²) < 4.78 is 30.2. The fourth-order valence-corrected chi connectivity index (χ4v) is 3.50. The topological polar surface area (TPSA) is 70.7 Å². The number of nitrogens with zero attached hydrogens (tertiary/aromatic N) is 3. The van der Waals surface area contributed by atoms with Gasteiger partial charge in [-0.2, -0.15) is 5.26 Å². The van der Waals surface area contributed by atoms with Gasteiger partial charge >= 0.3 is 0 Å². The van der Waals surface area contributed by atoms with E-state index in [1.54, 1.807) is 30.5 Å². The molecule has 1 heterocycles. The Morgan fingerprint density at radius 3 is 2.66 bits per heavy atom. The summed E-state index contributed by atoms with van der Waals surface area (Å²) in [6, 6.07) is 8.72. The molecule has 1 N–H and O–H groups in total. The Morgan fingerprint density at radius 1 is 1.31 bits per heavy atom. The number of aromatic nitrogens is 2. The van der Waals surface area contributed by atoms with E-state index in [0.717, 1.165) is 0 Å². The Bertz CT molecular complexity index is 1130. The number of benzene rings is 2. The van der Waals surface area contributed by atoms with Crippen LogP contribution in [0.25, 0.3) is 11.0 Å². The molecule has 0 saturated carbocycles. The van der Waals surface area contributed by atoms with Crippen LogP contribution < -0.4 is 5.32 Å². The summed E-state index contributed by atoms with van der Waals surface area (Å²) >= 11 is 6.11. The molecule has 8 heteroatoms. The van der Waals surface area contributed by atoms with E-state index in [4.69, 9.17) is 11.6 Å². The number of rotatable bonds is 5. The summed E-state index contributed by atoms with van der Waals surface area (Å²) in [6.07, 6.45) is 1.49. The van der Waals surface area contributed by atoms with Crippen molar-refractivity contribution in [3.63, 3.8) is 0 Å². The SMILES string of the molecule is CC(=O)NC(Cn1cnc2ccc(F)c(Cl)c21)c1ccc(C(C)(C)C#N)c(F)c1. The predicted octanol–water partition coefficient (Wildman–Crippen LogP) is 4.65. The second-order valence-corrected chi connectivity index (χ2v) is 7.73. The van der Waals surface area contributed by atoms with Gasteiger partial charge in [0.25, 0.3) is 0 Å². The fraction of sp³-hybridized carbons (Fsp3) is 0.286. The molecule has 0 bridgehead atoms. The summed E-state index contributed by atoms with van der Waals surface area (Å²) in [5.41, 5.74) is 0.686. The van der Waals surface area contributed by atoms with Crippen molar-refractivity contribution in [2.24, 2.45) is 0 Å². The lowest BCUT2D eigenvalue weighted by Gasteiger charge is -2.22. The molecular formula is C21H19ClF2N4O. The van der Waals surface area contributed by atoms with Crippen LogP contribution in [0.4, 0.5) is 8.78 Å². The Kier molecular flexibility index (Phi) is 5.58. The van der Waals surface area contributed by atoms with Crippen molar-refractivity contribution in [1.29, 1.82) is 5.26 Å². The number of carbonyl (C=O) groups is 1. The molecule has 0 radical (unpaired) electrons. The van der Waals surface area contributed by atoms with Crippen molar-refractivity contribution in [2.45, 2.75) is 38.8 Å². The number of carbonyl (C=O) groups excluding carboxylic acids is 1. The third-order valence-electron chi connectivity index (χ3n) is 4.78. The maximum Gasteiger partial charge on any atom is 0.217 e. The highest BCUT2D eigenvalue weighted by molar-refractivity contribution is 6.35. The Hall–Kier alpha value is -2.98. The molecule has 0 saturated heterocycles. The van der Waals surface area contributed by atoms with Crippen molar-refractivity contribution in [2.75, 3.05) is 0 Å². The lowest BCUT2D eigenvalue weighted by molar-refractivity contribution is -0.119. The lowest BCUT2D eigenvalue weighted by atomic mass is 9.85. The van der Waals surface area contributed by atoms with Gasteiger partial charge in [0.1, 0.15) is 16.7 Å². The van der Waals surface area contributed by atoms with Crippen LogP contribution in [0.1, 0.15) is 37.9 Å². The van der Waals surface area contributed by atoms with Gasteiger partial charge in [0.05, 0.1) is 34.9 Å². The zero-order chi connectivity index (χ0) is 21.3. The highest BCUT2D eigenvalue weighted by atomic mass is 35.5. The lowest BCUT2D eigenvalue weighted by Crippen LogP contribution is -2.29. The van der Waals surface area contributed by atoms with E-state index in [-0.39, 0.29) is 23.0 Å². The number of amides is 1. The largest absolute Gasteiger partial charge is 0.348 e. The van der Waals surface area contributed by atoms with Gasteiger partial charge in [-0.3, -0.25) is 4.79 Å². The van der Waals surface area contributed by atoms with E-state index in [1.807, 2.05) is 0 Å². The molecule has 1 unspecified atom stereocenters. The smallest absolute Gasteiger partial charge is 0.217 e. The number of hydrogen-bond donors (Lipinski definition) is 1. The van der Waals surface area contributed by atoms with Crippen LogP contribution in [-0.2, 0) is 16.8 Å². The molecule has 1 aromatic heterocycles. The molecule has 29 heavy (non-hydrogen) atoms. The second-order valence-electron chi connectivity index (χ2n) is 7.36. The van der Waals surface area contributed by atoms with Gasteiger partial charge in [-0.05, 0) is 37.6 Å². The van der Waals surface area contributed by atoms with E-state index in [9.17, 15) is 18.8 Å². The van der Waals surface area contributed by atoms with E-state index in [1.165, 1.54) is 31.5 Å². The first-order chi connectivity index (χ1) is 13.6. The van der Waals surface area contributed by atoms with Crippen LogP contribution in [-0.4, -0.2) is 15.5 Å². The minimum Gasteiger partial charge on any atom is -0.348 e. The first kappa shape index (κ1) is 20.7. The maximum atomic E-state index is 14.7. The summed E-state index contributed by atoms with van der Waals surface area (Å²) in [4.78, 5) is 15.9. The minimum absolute atomic E-state index is 0.0705. The van der Waals surface area contributed by atoms with Gasteiger partial charge in [-0.1, -0.05) is 23.7 Å². The van der Waals surface area contributed by atoms with Crippen LogP contribution in [0.5, 0.6) is 0 Å². The molecule has 0 aliphatic rings. The molecule has 0 spiro atoms. The molecule has 3 aromatic rings. The second kappa shape index (κ2) is 7.80. The first-order valence-electron chi connectivity index (χ1n) is 8.91. The van der Waals surface area contributed by atoms with Gasteiger partial charge in [0.15, 0.2) is 0 Å². The van der Waals surface area contributed by atoms with E-state index < -0.39 is 23.1 Å². The van der Waals surface area contributed by atoms with Crippen LogP contribution in [0.3, 0.4) is 0 Å². The Balaban J connectivity index is 2.02. The molecule has 150 valence electrons. The number of nitriles is 1. The van der Waals surface area contributed by atoms with Gasteiger partial charge in [0, 0.05) is 19.0 Å². The summed E-state index contributed by atoms with van der Waals surface area (Å²) in [5, 5.41) is 12.0. The number of imidazole rings is 1. The van der Waals surface area contributed by atoms with Gasteiger partial charge < -0.3 is 9.88 Å². The average Bonchev–Trinajstić information content (AvgIpc) is 3.07. The number of hydrogen-bond acceptors (Lipinski definition) is 3. The zero-order valence-electron chi connectivity index (χ0n) is 16.1. The predicted molar refractivity (Wildman–Crippen MR) is 106 cm³/mol. The zero-order valence-corrected chi connectivity index (χ0v) is 16.9. The Morgan fingerprint density at radius 2 is 2.03 bits per heavy atom. The van der Waals surface area contributed by atoms with Crippen molar-refractivity contribution < 1.29 is 13.6 Å². The van der Waals surface area contributed by atoms with Gasteiger partial charge in [-0.15, -0.1) is 0 Å². The van der Waals surface area contributed by atoms with Crippen LogP contribution >= 0.6 is 11.6 Å². The molecule has 3 rings (SSSR count). The summed E-state index contributed by atoms with van der Waals surface area (Å²) in [7, 11) is 0. The third-order valence-corrected chi connectivity index (χ3v) is 5.14. The highest BCUT2D eigenvalue weighted by Gasteiger charge is 2.25. The van der Waals surface area contributed by atoms with E-state index >= 15 is 0 Å². The molecule has 2 aromatic carbocycles. The standard InChI is InChI=1S/C21H19ClF2N4O/c1-12(29)27-18(13-4-5-14(16(24)8-13)21(2,3)10-25)9-28-11-26-17-7-6-15(23)19(22)20(17)28/h4-8,11,18H,9H2,1-3H3,(H,27,29). The van der Waals surface area contributed by atoms with Gasteiger partial charge in [-0.25, -0.2) is 13.8 Å². The van der Waals surface area contributed by atoms with Crippen LogP contribution in [0, 0.1) is 23.0 Å². The van der Waals surface area contributed by atoms with Crippen molar-refractivity contribution in [3.8, 4) is 6.07 Å². The Labute approximate surface area is 171 Å². The molecule has 0 fully saturated rings. The van der Waals surface area contributed by atoms with Crippen LogP contribution in [0.15, 0.2) is 36.7 Å². The number of fused-ring (bicyclic) bond motifs is 1. The quantitative estimate of drug-likeness (QED) is 0.658. The molecule has 1 atom stereocenters. The van der Waals surface area contributed by atoms with E-state index in [2.05, 4.69) is 16.4 Å². The van der Waals surface area contributed by atoms with E-state index in [0.29, 0.717) is 16.6 Å². The maximum absolute atomic E-state index is 14.7. The van der Waals surface area contributed by atoms with Crippen LogP contribution in [0.2, 0.25) is 5.02 Å². The van der Waals surface area contributed by atoms with Crippen molar-refractivity contribution in [3.05, 3.63) is 64.4 Å². The highest BCUT2D eigenvalue weighted by Crippen LogP contribution is 2.30. The fourth-order valence-electron chi connectivity index (χ4n) is 3.23. The third kappa shape index (κ3) is 4.08. The molecule has 1 amide bonds. The summed E-state index contributed by atoms with van der Waals surface area (Å²) in [6.45, 7) is 4.78. The molecule has 5 nitrogen and oxygen atoms in total. The molecular weight excluding hydrogens is 398 g/mol. The van der Waals surface area contributed by atoms with Gasteiger partial charge in [0.2, 0.25) is 5.91 Å². The first-order valence-corrected chi connectivity index (χ1v) is 9.29. The average molecular weight is 417 g/mol. The monoisotopic (exact) mass is 416 g/mol. The number of nitrogens with one attached hydrogen (secondary N) is 1. The minimum atomic E-state index is -0.988. The molecule has 0 aliphatic carbocycles. The van der Waals surface area contributed by atoms with Crippen molar-refractivity contribution in [1.82, 2.24) is 14.9 Å². The van der Waals surface area contributed by atoms with Crippen molar-refractivity contribution >= 4 is 28.5 Å².